The molecule has 0 saturated heterocycles. The molecule has 0 bridgehead atoms. The number of hydrogen-bond donors (Lipinski definition) is 2. The predicted octanol–water partition coefficient (Wildman–Crippen LogP) is 7.51. The van der Waals surface area contributed by atoms with E-state index in [0.29, 0.717) is 22.8 Å². The van der Waals surface area contributed by atoms with Crippen LogP contribution in [-0.2, 0) is 0 Å². The van der Waals surface area contributed by atoms with Crippen molar-refractivity contribution in [1.29, 1.82) is 0 Å². The molecule has 0 aliphatic heterocycles. The van der Waals surface area contributed by atoms with Gasteiger partial charge in [-0.3, -0.25) is 5.32 Å². The fraction of sp³-hybridized carbons (Fsp3) is 0.400. The van der Waals surface area contributed by atoms with Crippen LogP contribution in [0.4, 0.5) is 5.82 Å². The molecule has 0 radical (unpaired) electrons. The quantitative estimate of drug-likeness (QED) is 0.129. The van der Waals surface area contributed by atoms with Gasteiger partial charge in [0, 0.05) is 16.0 Å². The summed E-state index contributed by atoms with van der Waals surface area (Å²) in [6.45, 7) is 0. The molecular formula is C30H34ClN4O+. The minimum Gasteiger partial charge on any atom is -0.410 e. The monoisotopic (exact) mass is 501 g/mol. The molecule has 6 heteroatoms. The van der Waals surface area contributed by atoms with E-state index in [-0.39, 0.29) is 0 Å². The van der Waals surface area contributed by atoms with E-state index in [9.17, 15) is 5.21 Å². The molecule has 2 saturated carbocycles. The Morgan fingerprint density at radius 2 is 1.58 bits per heavy atom. The van der Waals surface area contributed by atoms with Crippen LogP contribution in [0.1, 0.15) is 81.6 Å². The van der Waals surface area contributed by atoms with Crippen molar-refractivity contribution in [2.45, 2.75) is 76.3 Å². The number of anilines is 1. The summed E-state index contributed by atoms with van der Waals surface area (Å²) in [5, 5.41) is 21.5. The molecule has 5 nitrogen and oxygen atoms in total. The van der Waals surface area contributed by atoms with Crippen LogP contribution < -0.4 is 9.88 Å². The molecule has 2 aromatic heterocycles. The first kappa shape index (κ1) is 23.4. The highest BCUT2D eigenvalue weighted by atomic mass is 35.5. The molecule has 0 atom stereocenters. The molecule has 2 aliphatic rings. The number of aromatic nitrogens is 2. The van der Waals surface area contributed by atoms with Crippen molar-refractivity contribution >= 4 is 39.4 Å². The van der Waals surface area contributed by atoms with Crippen LogP contribution in [0.25, 0.3) is 16.3 Å². The number of benzene rings is 2. The average Bonchev–Trinajstić information content (AvgIpc) is 3.25. The molecule has 2 aromatic carbocycles. The number of imidazole rings is 1. The lowest BCUT2D eigenvalue weighted by Crippen LogP contribution is -2.48. The number of rotatable bonds is 5. The van der Waals surface area contributed by atoms with Gasteiger partial charge in [-0.1, -0.05) is 78.8 Å². The Bertz CT molecular complexity index is 1400. The molecule has 2 aliphatic carbocycles. The highest BCUT2D eigenvalue weighted by Gasteiger charge is 2.36. The lowest BCUT2D eigenvalue weighted by molar-refractivity contribution is -0.712. The average molecular weight is 502 g/mol. The van der Waals surface area contributed by atoms with E-state index < -0.39 is 0 Å². The van der Waals surface area contributed by atoms with Crippen molar-refractivity contribution in [3.63, 3.8) is 0 Å². The smallest absolute Gasteiger partial charge is 0.264 e. The summed E-state index contributed by atoms with van der Waals surface area (Å²) in [6.07, 6.45) is 14.4. The van der Waals surface area contributed by atoms with Crippen molar-refractivity contribution in [2.24, 2.45) is 5.16 Å². The van der Waals surface area contributed by atoms with Gasteiger partial charge >= 0.3 is 0 Å². The number of fused-ring (bicyclic) bond motifs is 3. The molecule has 0 amide bonds. The molecule has 0 unspecified atom stereocenters. The Kier molecular flexibility index (Phi) is 6.58. The molecule has 2 N–H and O–H groups in total. The van der Waals surface area contributed by atoms with Crippen LogP contribution in [0.15, 0.2) is 65.9 Å². The SMILES string of the molecule is O/N=C(/c1ccc(Cl)cc1)c1n2ccc3ccccc3c2c(NC2CCCCC2)[n+]1C1CCCCC1. The Balaban J connectivity index is 1.65. The Morgan fingerprint density at radius 3 is 2.31 bits per heavy atom. The Labute approximate surface area is 217 Å². The Hall–Kier alpha value is -3.05. The second kappa shape index (κ2) is 10.1. The fourth-order valence-electron chi connectivity index (χ4n) is 6.31. The third-order valence-electron chi connectivity index (χ3n) is 8.10. The number of pyridine rings is 1. The molecule has 0 spiro atoms. The zero-order valence-electron chi connectivity index (χ0n) is 20.7. The molecule has 36 heavy (non-hydrogen) atoms. The number of nitrogens with zero attached hydrogens (tertiary/aromatic N) is 3. The van der Waals surface area contributed by atoms with Gasteiger partial charge in [0.1, 0.15) is 0 Å². The second-order valence-corrected chi connectivity index (χ2v) is 10.8. The van der Waals surface area contributed by atoms with E-state index >= 15 is 0 Å². The van der Waals surface area contributed by atoms with Gasteiger partial charge in [0.05, 0.1) is 18.3 Å². The predicted molar refractivity (Wildman–Crippen MR) is 147 cm³/mol. The van der Waals surface area contributed by atoms with Gasteiger partial charge in [0.15, 0.2) is 11.2 Å². The first-order chi connectivity index (χ1) is 17.7. The standard InChI is InChI=1S/C30H33ClN4O/c31-23-17-15-22(16-18-23)27(33-36)30-34-20-19-21-9-7-8-14-26(21)28(34)29(32-24-10-3-1-4-11-24)35(30)25-12-5-2-6-13-25/h7-9,14-20,24-25,32H,1-6,10-13H2/p+1. The summed E-state index contributed by atoms with van der Waals surface area (Å²) >= 11 is 6.21. The normalized spacial score (nSPS) is 18.2. The number of nitrogens with one attached hydrogen (secondary N) is 1. The first-order valence-corrected chi connectivity index (χ1v) is 13.8. The maximum Gasteiger partial charge on any atom is 0.264 e. The highest BCUT2D eigenvalue weighted by molar-refractivity contribution is 6.30. The van der Waals surface area contributed by atoms with Crippen LogP contribution in [0, 0.1) is 0 Å². The van der Waals surface area contributed by atoms with Crippen LogP contribution >= 0.6 is 11.6 Å². The molecule has 4 aromatic rings. The Morgan fingerprint density at radius 1 is 0.889 bits per heavy atom. The third kappa shape index (κ3) is 4.24. The summed E-state index contributed by atoms with van der Waals surface area (Å²) < 4.78 is 4.71. The molecule has 6 rings (SSSR count). The van der Waals surface area contributed by atoms with Crippen LogP contribution in [-0.4, -0.2) is 21.4 Å². The lowest BCUT2D eigenvalue weighted by Gasteiger charge is -2.25. The molecule has 2 fully saturated rings. The molecule has 186 valence electrons. The van der Waals surface area contributed by atoms with E-state index in [1.807, 2.05) is 24.3 Å². The summed E-state index contributed by atoms with van der Waals surface area (Å²) in [4.78, 5) is 0. The topological polar surface area (TPSA) is 52.9 Å². The summed E-state index contributed by atoms with van der Waals surface area (Å²) in [5.41, 5.74) is 2.58. The second-order valence-electron chi connectivity index (χ2n) is 10.4. The number of oxime groups is 1. The van der Waals surface area contributed by atoms with Gasteiger partial charge in [0.2, 0.25) is 0 Å². The van der Waals surface area contributed by atoms with Gasteiger partial charge in [-0.05, 0) is 62.1 Å². The van der Waals surface area contributed by atoms with Crippen LogP contribution in [0.2, 0.25) is 5.02 Å². The summed E-state index contributed by atoms with van der Waals surface area (Å²) in [5.74, 6) is 2.08. The van der Waals surface area contributed by atoms with Gasteiger partial charge in [-0.2, -0.15) is 0 Å². The van der Waals surface area contributed by atoms with Crippen molar-refractivity contribution in [3.8, 4) is 0 Å². The van der Waals surface area contributed by atoms with E-state index in [1.54, 1.807) is 0 Å². The van der Waals surface area contributed by atoms with Crippen LogP contribution in [0.3, 0.4) is 0 Å². The lowest BCUT2D eigenvalue weighted by atomic mass is 9.94. The van der Waals surface area contributed by atoms with Gasteiger partial charge in [-0.15, -0.1) is 0 Å². The number of halogens is 1. The van der Waals surface area contributed by atoms with Crippen LogP contribution in [0.5, 0.6) is 0 Å². The van der Waals surface area contributed by atoms with E-state index in [0.717, 1.165) is 35.6 Å². The van der Waals surface area contributed by atoms with E-state index in [2.05, 4.69) is 56.0 Å². The largest absolute Gasteiger partial charge is 0.410 e. The van der Waals surface area contributed by atoms with Gasteiger partial charge in [-0.25, -0.2) is 8.97 Å². The van der Waals surface area contributed by atoms with E-state index in [1.165, 1.54) is 62.1 Å². The van der Waals surface area contributed by atoms with Crippen molar-refractivity contribution in [2.75, 3.05) is 5.32 Å². The maximum absolute atomic E-state index is 10.4. The van der Waals surface area contributed by atoms with Crippen molar-refractivity contribution < 1.29 is 9.77 Å². The molecular weight excluding hydrogens is 468 g/mol. The number of hydrogen-bond acceptors (Lipinski definition) is 3. The zero-order valence-corrected chi connectivity index (χ0v) is 21.4. The fourth-order valence-corrected chi connectivity index (χ4v) is 6.44. The van der Waals surface area contributed by atoms with Crippen molar-refractivity contribution in [3.05, 3.63) is 77.2 Å². The minimum absolute atomic E-state index is 0.350. The minimum atomic E-state index is 0.350. The highest BCUT2D eigenvalue weighted by Crippen LogP contribution is 2.34. The molecule has 2 heterocycles. The van der Waals surface area contributed by atoms with E-state index in [4.69, 9.17) is 11.6 Å². The maximum atomic E-state index is 10.4. The summed E-state index contributed by atoms with van der Waals surface area (Å²) in [6, 6.07) is 19.2. The zero-order chi connectivity index (χ0) is 24.5. The van der Waals surface area contributed by atoms with Crippen molar-refractivity contribution in [1.82, 2.24) is 4.40 Å². The summed E-state index contributed by atoms with van der Waals surface area (Å²) in [7, 11) is 0. The van der Waals surface area contributed by atoms with Gasteiger partial charge < -0.3 is 5.21 Å². The third-order valence-corrected chi connectivity index (χ3v) is 8.35. The first-order valence-electron chi connectivity index (χ1n) is 13.5. The van der Waals surface area contributed by atoms with Gasteiger partial charge in [0.25, 0.3) is 11.6 Å².